The number of methoxy groups -OCH3 is 2. The third kappa shape index (κ3) is 4.71. The Morgan fingerprint density at radius 2 is 1.83 bits per heavy atom. The van der Waals surface area contributed by atoms with Crippen molar-refractivity contribution in [2.45, 2.75) is 13.5 Å². The second-order valence-corrected chi connectivity index (χ2v) is 6.70. The Hall–Kier alpha value is -3.55. The summed E-state index contributed by atoms with van der Waals surface area (Å²) in [4.78, 5) is 29.8. The molecule has 0 aliphatic rings. The summed E-state index contributed by atoms with van der Waals surface area (Å²) in [6, 6.07) is 11.1. The lowest BCUT2D eigenvalue weighted by Crippen LogP contribution is -2.40. The van der Waals surface area contributed by atoms with E-state index in [1.54, 1.807) is 51.5 Å². The summed E-state index contributed by atoms with van der Waals surface area (Å²) in [6.45, 7) is 2.33. The molecule has 30 heavy (non-hydrogen) atoms. The number of benzene rings is 2. The van der Waals surface area contributed by atoms with Gasteiger partial charge in [-0.3, -0.25) is 9.59 Å². The van der Waals surface area contributed by atoms with Crippen molar-refractivity contribution in [3.63, 3.8) is 0 Å². The third-order valence-corrected chi connectivity index (χ3v) is 4.76. The lowest BCUT2D eigenvalue weighted by atomic mass is 10.2. The van der Waals surface area contributed by atoms with Gasteiger partial charge in [-0.05, 0) is 36.8 Å². The van der Waals surface area contributed by atoms with E-state index in [2.05, 4.69) is 10.3 Å². The van der Waals surface area contributed by atoms with Crippen molar-refractivity contribution >= 4 is 22.7 Å². The molecule has 0 atom stereocenters. The Bertz CT molecular complexity index is 1050. The van der Waals surface area contributed by atoms with Gasteiger partial charge in [0.15, 0.2) is 0 Å². The molecule has 7 nitrogen and oxygen atoms in total. The van der Waals surface area contributed by atoms with E-state index in [-0.39, 0.29) is 30.7 Å². The van der Waals surface area contributed by atoms with Gasteiger partial charge in [-0.1, -0.05) is 12.1 Å². The number of nitrogens with one attached hydrogen (secondary N) is 2. The molecule has 3 rings (SSSR count). The number of aromatic nitrogens is 1. The number of aromatic amines is 1. The summed E-state index contributed by atoms with van der Waals surface area (Å²) < 4.78 is 23.6. The van der Waals surface area contributed by atoms with E-state index in [0.29, 0.717) is 29.3 Å². The molecule has 2 amide bonds. The Balaban J connectivity index is 1.70. The number of fused-ring (bicyclic) bond motifs is 1. The van der Waals surface area contributed by atoms with Gasteiger partial charge in [0.2, 0.25) is 5.91 Å². The van der Waals surface area contributed by atoms with Crippen LogP contribution in [0.4, 0.5) is 4.39 Å². The van der Waals surface area contributed by atoms with E-state index in [0.717, 1.165) is 10.9 Å². The molecule has 1 aromatic heterocycles. The molecular weight excluding hydrogens is 389 g/mol. The predicted molar refractivity (Wildman–Crippen MR) is 111 cm³/mol. The van der Waals surface area contributed by atoms with Crippen molar-refractivity contribution in [2.75, 3.05) is 27.3 Å². The number of nitrogens with zero attached hydrogens (tertiary/aromatic N) is 1. The minimum Gasteiger partial charge on any atom is -0.497 e. The normalized spacial score (nSPS) is 10.7. The highest BCUT2D eigenvalue weighted by Gasteiger charge is 2.20. The fourth-order valence-corrected chi connectivity index (χ4v) is 3.11. The SMILES string of the molecule is CCN(CC(=O)NCc1ccc(F)cc1)C(=O)c1cc2cc(OC)cc(OC)c2[nH]1. The molecule has 158 valence electrons. The Labute approximate surface area is 173 Å². The van der Waals surface area contributed by atoms with Gasteiger partial charge >= 0.3 is 0 Å². The number of ether oxygens (including phenoxy) is 2. The molecule has 0 spiro atoms. The number of halogens is 1. The molecule has 0 saturated carbocycles. The second-order valence-electron chi connectivity index (χ2n) is 6.70. The van der Waals surface area contributed by atoms with E-state index in [1.165, 1.54) is 17.0 Å². The number of hydrogen-bond acceptors (Lipinski definition) is 4. The van der Waals surface area contributed by atoms with Crippen LogP contribution in [-0.4, -0.2) is 49.0 Å². The van der Waals surface area contributed by atoms with Crippen LogP contribution in [-0.2, 0) is 11.3 Å². The summed E-state index contributed by atoms with van der Waals surface area (Å²) in [7, 11) is 3.10. The molecule has 0 aliphatic heterocycles. The van der Waals surface area contributed by atoms with Crippen molar-refractivity contribution in [1.82, 2.24) is 15.2 Å². The molecule has 1 heterocycles. The number of carbonyl (C=O) groups excluding carboxylic acids is 2. The summed E-state index contributed by atoms with van der Waals surface area (Å²) in [5, 5.41) is 3.52. The van der Waals surface area contributed by atoms with Gasteiger partial charge in [0.1, 0.15) is 23.0 Å². The zero-order valence-corrected chi connectivity index (χ0v) is 17.1. The summed E-state index contributed by atoms with van der Waals surface area (Å²) in [5.74, 6) is 0.241. The molecule has 2 aromatic carbocycles. The minimum absolute atomic E-state index is 0.0909. The van der Waals surface area contributed by atoms with Gasteiger partial charge in [-0.15, -0.1) is 0 Å². The largest absolute Gasteiger partial charge is 0.497 e. The first-order valence-electron chi connectivity index (χ1n) is 9.50. The zero-order valence-electron chi connectivity index (χ0n) is 17.1. The van der Waals surface area contributed by atoms with Crippen LogP contribution in [0.2, 0.25) is 0 Å². The maximum Gasteiger partial charge on any atom is 0.270 e. The average Bonchev–Trinajstić information content (AvgIpc) is 3.20. The zero-order chi connectivity index (χ0) is 21.7. The summed E-state index contributed by atoms with van der Waals surface area (Å²) >= 11 is 0. The number of H-pyrrole nitrogens is 1. The Morgan fingerprint density at radius 3 is 2.47 bits per heavy atom. The van der Waals surface area contributed by atoms with E-state index in [4.69, 9.17) is 9.47 Å². The first kappa shape index (κ1) is 21.2. The first-order valence-corrected chi connectivity index (χ1v) is 9.50. The molecule has 0 aliphatic carbocycles. The van der Waals surface area contributed by atoms with E-state index < -0.39 is 0 Å². The highest BCUT2D eigenvalue weighted by molar-refractivity contribution is 6.01. The van der Waals surface area contributed by atoms with Crippen LogP contribution in [0.25, 0.3) is 10.9 Å². The van der Waals surface area contributed by atoms with Crippen LogP contribution in [0.15, 0.2) is 42.5 Å². The standard InChI is InChI=1S/C22H24FN3O4/c1-4-26(13-20(27)24-12-14-5-7-16(23)8-6-14)22(28)18-10-15-9-17(29-2)11-19(30-3)21(15)25-18/h5-11,25H,4,12-13H2,1-3H3,(H,24,27). The number of rotatable bonds is 8. The lowest BCUT2D eigenvalue weighted by Gasteiger charge is -2.19. The fourth-order valence-electron chi connectivity index (χ4n) is 3.11. The second kappa shape index (κ2) is 9.30. The van der Waals surface area contributed by atoms with Crippen molar-refractivity contribution in [3.05, 3.63) is 59.5 Å². The summed E-state index contributed by atoms with van der Waals surface area (Å²) in [6.07, 6.45) is 0. The molecule has 0 radical (unpaired) electrons. The van der Waals surface area contributed by atoms with Crippen molar-refractivity contribution < 1.29 is 23.5 Å². The topological polar surface area (TPSA) is 83.7 Å². The molecular formula is C22H24FN3O4. The summed E-state index contributed by atoms with van der Waals surface area (Å²) in [5.41, 5.74) is 1.80. The van der Waals surface area contributed by atoms with Crippen molar-refractivity contribution in [2.24, 2.45) is 0 Å². The Kier molecular flexibility index (Phi) is 6.56. The molecule has 3 aromatic rings. The number of amides is 2. The first-order chi connectivity index (χ1) is 14.4. The minimum atomic E-state index is -0.333. The van der Waals surface area contributed by atoms with E-state index >= 15 is 0 Å². The third-order valence-electron chi connectivity index (χ3n) is 4.76. The lowest BCUT2D eigenvalue weighted by molar-refractivity contribution is -0.121. The number of hydrogen-bond donors (Lipinski definition) is 2. The van der Waals surface area contributed by atoms with Crippen LogP contribution >= 0.6 is 0 Å². The fraction of sp³-hybridized carbons (Fsp3) is 0.273. The number of likely N-dealkylation sites (N-methyl/N-ethyl adjacent to an activating group) is 1. The van der Waals surface area contributed by atoms with Gasteiger partial charge in [-0.2, -0.15) is 0 Å². The highest BCUT2D eigenvalue weighted by atomic mass is 19.1. The van der Waals surface area contributed by atoms with E-state index in [9.17, 15) is 14.0 Å². The maximum atomic E-state index is 13.0. The molecule has 0 saturated heterocycles. The molecule has 2 N–H and O–H groups in total. The Morgan fingerprint density at radius 1 is 1.10 bits per heavy atom. The molecule has 0 unspecified atom stereocenters. The molecule has 0 bridgehead atoms. The van der Waals surface area contributed by atoms with Gasteiger partial charge in [0, 0.05) is 24.5 Å². The van der Waals surface area contributed by atoms with Gasteiger partial charge in [0.05, 0.1) is 26.3 Å². The maximum absolute atomic E-state index is 13.0. The smallest absolute Gasteiger partial charge is 0.270 e. The molecule has 8 heteroatoms. The van der Waals surface area contributed by atoms with Gasteiger partial charge < -0.3 is 24.7 Å². The van der Waals surface area contributed by atoms with Crippen LogP contribution < -0.4 is 14.8 Å². The van der Waals surface area contributed by atoms with Crippen LogP contribution in [0.1, 0.15) is 23.0 Å². The van der Waals surface area contributed by atoms with Crippen LogP contribution in [0, 0.1) is 5.82 Å². The quantitative estimate of drug-likeness (QED) is 0.594. The van der Waals surface area contributed by atoms with Crippen molar-refractivity contribution in [3.8, 4) is 11.5 Å². The predicted octanol–water partition coefficient (Wildman–Crippen LogP) is 3.10. The van der Waals surface area contributed by atoms with Gasteiger partial charge in [0.25, 0.3) is 5.91 Å². The van der Waals surface area contributed by atoms with Gasteiger partial charge in [-0.25, -0.2) is 4.39 Å². The molecule has 0 fully saturated rings. The monoisotopic (exact) mass is 413 g/mol. The van der Waals surface area contributed by atoms with Crippen LogP contribution in [0.5, 0.6) is 11.5 Å². The highest BCUT2D eigenvalue weighted by Crippen LogP contribution is 2.31. The van der Waals surface area contributed by atoms with Crippen LogP contribution in [0.3, 0.4) is 0 Å². The number of carbonyl (C=O) groups is 2. The van der Waals surface area contributed by atoms with E-state index in [1.807, 2.05) is 0 Å². The average molecular weight is 413 g/mol. The van der Waals surface area contributed by atoms with Crippen molar-refractivity contribution in [1.29, 1.82) is 0 Å².